The summed E-state index contributed by atoms with van der Waals surface area (Å²) in [4.78, 5) is 19.5. The fraction of sp³-hybridized carbons (Fsp3) is 0.364. The third-order valence-corrected chi connectivity index (χ3v) is 5.72. The molecule has 0 aliphatic rings. The summed E-state index contributed by atoms with van der Waals surface area (Å²) in [5.41, 5.74) is 2.57. The number of pyridine rings is 1. The largest absolute Gasteiger partial charge is 0.351 e. The maximum Gasteiger partial charge on any atom is 0.251 e. The molecule has 27 heavy (non-hydrogen) atoms. The van der Waals surface area contributed by atoms with Crippen LogP contribution in [0.3, 0.4) is 0 Å². The van der Waals surface area contributed by atoms with Gasteiger partial charge in [0.1, 0.15) is 0 Å². The molecule has 2 heterocycles. The van der Waals surface area contributed by atoms with Gasteiger partial charge in [-0.25, -0.2) is 0 Å². The minimum atomic E-state index is -0.0503. The zero-order chi connectivity index (χ0) is 19.4. The van der Waals surface area contributed by atoms with Crippen LogP contribution in [0, 0.1) is 0 Å². The maximum absolute atomic E-state index is 12.6. The van der Waals surface area contributed by atoms with Crippen LogP contribution < -0.4 is 5.32 Å². The van der Waals surface area contributed by atoms with Gasteiger partial charge in [0.25, 0.3) is 5.91 Å². The van der Waals surface area contributed by atoms with Crippen LogP contribution in [0.2, 0.25) is 0 Å². The molecular formula is C22H27N3OS. The zero-order valence-corrected chi connectivity index (χ0v) is 17.2. The predicted molar refractivity (Wildman–Crippen MR) is 114 cm³/mol. The average molecular weight is 382 g/mol. The van der Waals surface area contributed by atoms with Gasteiger partial charge in [0.05, 0.1) is 5.69 Å². The Morgan fingerprint density at radius 3 is 2.63 bits per heavy atom. The van der Waals surface area contributed by atoms with Crippen molar-refractivity contribution in [2.24, 2.45) is 0 Å². The van der Waals surface area contributed by atoms with Crippen LogP contribution in [0.5, 0.6) is 0 Å². The number of hydrogen-bond acceptors (Lipinski definition) is 4. The number of amides is 1. The van der Waals surface area contributed by atoms with Crippen molar-refractivity contribution >= 4 is 27.3 Å². The van der Waals surface area contributed by atoms with E-state index in [-0.39, 0.29) is 5.91 Å². The van der Waals surface area contributed by atoms with E-state index in [2.05, 4.69) is 60.4 Å². The molecule has 1 aromatic carbocycles. The van der Waals surface area contributed by atoms with Crippen LogP contribution in [0.25, 0.3) is 21.3 Å². The van der Waals surface area contributed by atoms with E-state index in [9.17, 15) is 4.79 Å². The highest BCUT2D eigenvalue weighted by molar-refractivity contribution is 7.17. The Bertz CT molecular complexity index is 909. The second-order valence-electron chi connectivity index (χ2n) is 7.26. The highest BCUT2D eigenvalue weighted by Gasteiger charge is 2.14. The first-order valence-electron chi connectivity index (χ1n) is 9.44. The van der Waals surface area contributed by atoms with Crippen molar-refractivity contribution < 1.29 is 4.79 Å². The van der Waals surface area contributed by atoms with Crippen LogP contribution in [-0.4, -0.2) is 41.0 Å². The van der Waals surface area contributed by atoms with E-state index in [1.54, 1.807) is 23.6 Å². The minimum absolute atomic E-state index is 0.0503. The Hall–Kier alpha value is -2.24. The lowest BCUT2D eigenvalue weighted by Gasteiger charge is -2.30. The van der Waals surface area contributed by atoms with Gasteiger partial charge in [0, 0.05) is 58.0 Å². The maximum atomic E-state index is 12.6. The Balaban J connectivity index is 1.71. The molecule has 0 saturated heterocycles. The van der Waals surface area contributed by atoms with E-state index >= 15 is 0 Å². The highest BCUT2D eigenvalue weighted by atomic mass is 32.1. The van der Waals surface area contributed by atoms with Gasteiger partial charge >= 0.3 is 0 Å². The van der Waals surface area contributed by atoms with Crippen molar-refractivity contribution in [2.45, 2.75) is 39.8 Å². The fourth-order valence-corrected chi connectivity index (χ4v) is 4.36. The first kappa shape index (κ1) is 19.5. The van der Waals surface area contributed by atoms with Gasteiger partial charge in [0.15, 0.2) is 0 Å². The summed E-state index contributed by atoms with van der Waals surface area (Å²) < 4.78 is 1.23. The summed E-state index contributed by atoms with van der Waals surface area (Å²) >= 11 is 1.70. The molecule has 0 bridgehead atoms. The topological polar surface area (TPSA) is 45.2 Å². The first-order valence-corrected chi connectivity index (χ1v) is 10.3. The van der Waals surface area contributed by atoms with Crippen molar-refractivity contribution in [1.82, 2.24) is 15.2 Å². The third-order valence-electron chi connectivity index (χ3n) is 4.76. The van der Waals surface area contributed by atoms with Gasteiger partial charge in [-0.05, 0) is 45.9 Å². The molecule has 2 aromatic heterocycles. The van der Waals surface area contributed by atoms with Gasteiger partial charge < -0.3 is 5.32 Å². The number of fused-ring (bicyclic) bond motifs is 1. The lowest BCUT2D eigenvalue weighted by Crippen LogP contribution is -2.42. The van der Waals surface area contributed by atoms with E-state index in [0.717, 1.165) is 17.8 Å². The molecule has 0 saturated carbocycles. The second-order valence-corrected chi connectivity index (χ2v) is 8.17. The Morgan fingerprint density at radius 1 is 1.15 bits per heavy atom. The molecule has 5 heteroatoms. The number of carbonyl (C=O) groups is 1. The smallest absolute Gasteiger partial charge is 0.251 e. The molecule has 142 valence electrons. The molecule has 0 atom stereocenters. The van der Waals surface area contributed by atoms with Crippen molar-refractivity contribution in [3.05, 3.63) is 53.5 Å². The molecule has 3 rings (SSSR count). The summed E-state index contributed by atoms with van der Waals surface area (Å²) in [5.74, 6) is -0.0503. The van der Waals surface area contributed by atoms with E-state index in [4.69, 9.17) is 0 Å². The molecule has 4 nitrogen and oxygen atoms in total. The summed E-state index contributed by atoms with van der Waals surface area (Å²) in [7, 11) is 0. The van der Waals surface area contributed by atoms with Crippen LogP contribution in [0.4, 0.5) is 0 Å². The molecule has 0 fully saturated rings. The fourth-order valence-electron chi connectivity index (χ4n) is 3.41. The molecule has 0 aliphatic carbocycles. The number of thiophene rings is 1. The van der Waals surface area contributed by atoms with E-state index < -0.39 is 0 Å². The number of carbonyl (C=O) groups excluding carboxylic acids is 1. The number of nitrogens with one attached hydrogen (secondary N) is 1. The summed E-state index contributed by atoms with van der Waals surface area (Å²) in [6, 6.07) is 12.9. The summed E-state index contributed by atoms with van der Waals surface area (Å²) in [5, 5.41) is 6.33. The Kier molecular flexibility index (Phi) is 6.24. The van der Waals surface area contributed by atoms with Crippen LogP contribution >= 0.6 is 11.3 Å². The molecular weight excluding hydrogens is 354 g/mol. The molecule has 3 aromatic rings. The minimum Gasteiger partial charge on any atom is -0.351 e. The number of aromatic nitrogens is 1. The monoisotopic (exact) mass is 381 g/mol. The lowest BCUT2D eigenvalue weighted by molar-refractivity contribution is 0.0939. The number of hydrogen-bond donors (Lipinski definition) is 1. The zero-order valence-electron chi connectivity index (χ0n) is 16.4. The van der Waals surface area contributed by atoms with Gasteiger partial charge in [0.2, 0.25) is 0 Å². The lowest BCUT2D eigenvalue weighted by atomic mass is 10.1. The van der Waals surface area contributed by atoms with Gasteiger partial charge in [-0.3, -0.25) is 14.7 Å². The molecule has 0 unspecified atom stereocenters. The molecule has 0 spiro atoms. The third kappa shape index (κ3) is 4.54. The quantitative estimate of drug-likeness (QED) is 0.639. The van der Waals surface area contributed by atoms with Gasteiger partial charge in [-0.1, -0.05) is 18.2 Å². The predicted octanol–water partition coefficient (Wildman–Crippen LogP) is 4.81. The van der Waals surface area contributed by atoms with Crippen LogP contribution in [0.15, 0.2) is 48.0 Å². The molecule has 0 aliphatic heterocycles. The number of benzene rings is 1. The molecule has 0 radical (unpaired) electrons. The standard InChI is InChI=1S/C22H27N3OS/c1-15(2)25(16(3)4)12-11-24-22(26)17-9-10-23-20(13-17)19-14-27-21-8-6-5-7-18(19)21/h5-10,13-16H,11-12H2,1-4H3,(H,24,26). The second kappa shape index (κ2) is 8.63. The molecule has 1 N–H and O–H groups in total. The molecule has 1 amide bonds. The van der Waals surface area contributed by atoms with Crippen molar-refractivity contribution in [3.63, 3.8) is 0 Å². The SMILES string of the molecule is CC(C)N(CCNC(=O)c1ccnc(-c2csc3ccccc23)c1)C(C)C. The van der Waals surface area contributed by atoms with E-state index in [0.29, 0.717) is 24.2 Å². The summed E-state index contributed by atoms with van der Waals surface area (Å²) in [6.45, 7) is 10.2. The van der Waals surface area contributed by atoms with Crippen molar-refractivity contribution in [2.75, 3.05) is 13.1 Å². The number of rotatable bonds is 7. The summed E-state index contributed by atoms with van der Waals surface area (Å²) in [6.07, 6.45) is 1.71. The van der Waals surface area contributed by atoms with Gasteiger partial charge in [-0.15, -0.1) is 11.3 Å². The van der Waals surface area contributed by atoms with Crippen molar-refractivity contribution in [3.8, 4) is 11.3 Å². The van der Waals surface area contributed by atoms with Crippen LogP contribution in [-0.2, 0) is 0 Å². The Labute approximate surface area is 165 Å². The Morgan fingerprint density at radius 2 is 1.89 bits per heavy atom. The van der Waals surface area contributed by atoms with Gasteiger partial charge in [-0.2, -0.15) is 0 Å². The van der Waals surface area contributed by atoms with Crippen LogP contribution in [0.1, 0.15) is 38.1 Å². The van der Waals surface area contributed by atoms with E-state index in [1.807, 2.05) is 18.2 Å². The van der Waals surface area contributed by atoms with Crippen molar-refractivity contribution in [1.29, 1.82) is 0 Å². The normalized spacial score (nSPS) is 11.7. The number of nitrogens with zero attached hydrogens (tertiary/aromatic N) is 2. The highest BCUT2D eigenvalue weighted by Crippen LogP contribution is 2.32. The first-order chi connectivity index (χ1) is 13.0. The average Bonchev–Trinajstić information content (AvgIpc) is 3.08. The van der Waals surface area contributed by atoms with E-state index in [1.165, 1.54) is 10.1 Å².